The van der Waals surface area contributed by atoms with Crippen molar-refractivity contribution in [1.29, 1.82) is 0 Å². The highest BCUT2D eigenvalue weighted by Gasteiger charge is 2.13. The smallest absolute Gasteiger partial charge is 0.271 e. The maximum Gasteiger partial charge on any atom is 0.271 e. The van der Waals surface area contributed by atoms with Crippen LogP contribution in [0.15, 0.2) is 30.6 Å². The number of nitrogens with zero attached hydrogens (tertiary/aromatic N) is 3. The van der Waals surface area contributed by atoms with Crippen LogP contribution in [0.4, 0.5) is 17.2 Å². The Labute approximate surface area is 136 Å². The molecule has 0 bridgehead atoms. The minimum atomic E-state index is -0.416. The van der Waals surface area contributed by atoms with E-state index in [9.17, 15) is 10.1 Å². The largest absolute Gasteiger partial charge is 0.339 e. The van der Waals surface area contributed by atoms with Crippen LogP contribution in [0.5, 0.6) is 0 Å². The first-order valence-electron chi connectivity index (χ1n) is 6.28. The maximum absolute atomic E-state index is 10.8. The van der Waals surface area contributed by atoms with Gasteiger partial charge in [-0.3, -0.25) is 10.1 Å². The molecular weight excluding hydrogens is 324 g/mol. The first-order valence-corrected chi connectivity index (χ1v) is 7.10. The molecule has 1 aromatic carbocycles. The van der Waals surface area contributed by atoms with Crippen molar-refractivity contribution in [3.63, 3.8) is 0 Å². The highest BCUT2D eigenvalue weighted by Crippen LogP contribution is 2.34. The molecule has 1 N–H and O–H groups in total. The number of non-ortho nitro benzene ring substituents is 1. The van der Waals surface area contributed by atoms with E-state index in [-0.39, 0.29) is 18.1 Å². The lowest BCUT2D eigenvalue weighted by molar-refractivity contribution is -0.384. The van der Waals surface area contributed by atoms with Gasteiger partial charge in [0.15, 0.2) is 0 Å². The topological polar surface area (TPSA) is 81.0 Å². The van der Waals surface area contributed by atoms with E-state index in [0.29, 0.717) is 11.5 Å². The lowest BCUT2D eigenvalue weighted by Gasteiger charge is -2.07. The summed E-state index contributed by atoms with van der Waals surface area (Å²) in [6.45, 7) is 4.06. The van der Waals surface area contributed by atoms with Crippen LogP contribution >= 0.6 is 23.7 Å². The third-order valence-electron chi connectivity index (χ3n) is 3.29. The highest BCUT2D eigenvalue weighted by atomic mass is 35.5. The molecule has 0 unspecified atom stereocenters. The Morgan fingerprint density at radius 2 is 2.05 bits per heavy atom. The number of aromatic nitrogens is 2. The molecule has 3 aromatic rings. The number of aryl methyl sites for hydroxylation is 2. The van der Waals surface area contributed by atoms with E-state index in [1.165, 1.54) is 23.3 Å². The molecule has 0 radical (unpaired) electrons. The van der Waals surface area contributed by atoms with Gasteiger partial charge in [0, 0.05) is 22.7 Å². The molecule has 2 heterocycles. The summed E-state index contributed by atoms with van der Waals surface area (Å²) in [5.74, 6) is 0.669. The van der Waals surface area contributed by atoms with Gasteiger partial charge in [-0.15, -0.1) is 23.7 Å². The van der Waals surface area contributed by atoms with Gasteiger partial charge in [-0.2, -0.15) is 0 Å². The summed E-state index contributed by atoms with van der Waals surface area (Å²) in [5.41, 5.74) is 1.81. The van der Waals surface area contributed by atoms with Crippen molar-refractivity contribution in [2.45, 2.75) is 13.8 Å². The average molecular weight is 337 g/mol. The molecule has 0 fully saturated rings. The second kappa shape index (κ2) is 6.25. The van der Waals surface area contributed by atoms with E-state index < -0.39 is 4.92 Å². The molecule has 0 saturated heterocycles. The van der Waals surface area contributed by atoms with Crippen molar-refractivity contribution in [3.05, 3.63) is 51.1 Å². The Balaban J connectivity index is 0.00000176. The van der Waals surface area contributed by atoms with Crippen LogP contribution < -0.4 is 5.32 Å². The number of fused-ring (bicyclic) bond motifs is 1. The van der Waals surface area contributed by atoms with E-state index >= 15 is 0 Å². The van der Waals surface area contributed by atoms with Gasteiger partial charge in [-0.25, -0.2) is 9.97 Å². The second-order valence-corrected chi connectivity index (χ2v) is 5.82. The Kier molecular flexibility index (Phi) is 4.58. The minimum Gasteiger partial charge on any atom is -0.339 e. The number of hydrogen-bond donors (Lipinski definition) is 1. The van der Waals surface area contributed by atoms with Gasteiger partial charge < -0.3 is 5.32 Å². The Bertz CT molecular complexity index is 850. The monoisotopic (exact) mass is 336 g/mol. The summed E-state index contributed by atoms with van der Waals surface area (Å²) in [7, 11) is 0. The molecule has 0 aliphatic rings. The van der Waals surface area contributed by atoms with Crippen molar-refractivity contribution < 1.29 is 4.92 Å². The summed E-state index contributed by atoms with van der Waals surface area (Å²) in [4.78, 5) is 21.0. The third kappa shape index (κ3) is 2.86. The predicted octanol–water partition coefficient (Wildman–Crippen LogP) is 4.38. The van der Waals surface area contributed by atoms with Crippen LogP contribution in [0.25, 0.3) is 10.2 Å². The normalized spacial score (nSPS) is 10.3. The van der Waals surface area contributed by atoms with Gasteiger partial charge in [-0.05, 0) is 25.5 Å². The molecule has 8 heteroatoms. The number of benzene rings is 1. The molecule has 114 valence electrons. The lowest BCUT2D eigenvalue weighted by atomic mass is 10.2. The van der Waals surface area contributed by atoms with Gasteiger partial charge in [0.25, 0.3) is 5.69 Å². The first-order chi connectivity index (χ1) is 10.1. The van der Waals surface area contributed by atoms with E-state index in [4.69, 9.17) is 0 Å². The minimum absolute atomic E-state index is 0. The molecule has 3 rings (SSSR count). The van der Waals surface area contributed by atoms with Gasteiger partial charge in [-0.1, -0.05) is 6.07 Å². The number of nitro groups is 1. The van der Waals surface area contributed by atoms with Crippen LogP contribution in [-0.2, 0) is 0 Å². The predicted molar refractivity (Wildman–Crippen MR) is 90.5 cm³/mol. The number of hydrogen-bond acceptors (Lipinski definition) is 6. The number of halogens is 1. The third-order valence-corrected chi connectivity index (χ3v) is 4.40. The van der Waals surface area contributed by atoms with Crippen molar-refractivity contribution in [3.8, 4) is 0 Å². The van der Waals surface area contributed by atoms with E-state index in [2.05, 4.69) is 15.3 Å². The summed E-state index contributed by atoms with van der Waals surface area (Å²) in [6.07, 6.45) is 1.50. The Hall–Kier alpha value is -2.25. The van der Waals surface area contributed by atoms with Crippen LogP contribution in [0, 0.1) is 24.0 Å². The molecule has 0 atom stereocenters. The van der Waals surface area contributed by atoms with E-state index in [1.807, 2.05) is 13.8 Å². The van der Waals surface area contributed by atoms with Crippen molar-refractivity contribution in [2.24, 2.45) is 0 Å². The Morgan fingerprint density at radius 1 is 1.27 bits per heavy atom. The van der Waals surface area contributed by atoms with Gasteiger partial charge in [0.1, 0.15) is 17.0 Å². The number of anilines is 2. The van der Waals surface area contributed by atoms with Crippen molar-refractivity contribution in [2.75, 3.05) is 5.32 Å². The Morgan fingerprint density at radius 3 is 2.77 bits per heavy atom. The lowest BCUT2D eigenvalue weighted by Crippen LogP contribution is -1.96. The van der Waals surface area contributed by atoms with Crippen LogP contribution in [0.3, 0.4) is 0 Å². The zero-order valence-corrected chi connectivity index (χ0v) is 13.5. The van der Waals surface area contributed by atoms with Crippen LogP contribution in [0.1, 0.15) is 10.4 Å². The number of nitrogens with one attached hydrogen (secondary N) is 1. The fourth-order valence-corrected chi connectivity index (χ4v) is 3.11. The molecule has 0 saturated carbocycles. The summed E-state index contributed by atoms with van der Waals surface area (Å²) >= 11 is 1.61. The molecule has 0 spiro atoms. The molecule has 0 aliphatic carbocycles. The quantitative estimate of drug-likeness (QED) is 0.567. The molecule has 0 amide bonds. The molecule has 0 aliphatic heterocycles. The maximum atomic E-state index is 10.8. The van der Waals surface area contributed by atoms with E-state index in [1.54, 1.807) is 23.5 Å². The highest BCUT2D eigenvalue weighted by molar-refractivity contribution is 7.18. The van der Waals surface area contributed by atoms with Crippen molar-refractivity contribution in [1.82, 2.24) is 9.97 Å². The van der Waals surface area contributed by atoms with Gasteiger partial charge in [0.2, 0.25) is 0 Å². The van der Waals surface area contributed by atoms with Crippen LogP contribution in [-0.4, -0.2) is 14.9 Å². The number of thiophene rings is 1. The molecule has 6 nitrogen and oxygen atoms in total. The fourth-order valence-electron chi connectivity index (χ4n) is 2.11. The average Bonchev–Trinajstić information content (AvgIpc) is 2.75. The SMILES string of the molecule is Cc1sc2ncnc(Nc3cccc([N+](=O)[O-])c3)c2c1C.Cl. The molecule has 22 heavy (non-hydrogen) atoms. The zero-order valence-electron chi connectivity index (χ0n) is 11.9. The fraction of sp³-hybridized carbons (Fsp3) is 0.143. The van der Waals surface area contributed by atoms with Gasteiger partial charge in [0.05, 0.1) is 10.3 Å². The summed E-state index contributed by atoms with van der Waals surface area (Å²) in [6, 6.07) is 6.36. The standard InChI is InChI=1S/C14H12N4O2S.ClH/c1-8-9(2)21-14-12(8)13(15-7-16-14)17-10-4-3-5-11(6-10)18(19)20;/h3-7H,1-2H3,(H,15,16,17);1H. The van der Waals surface area contributed by atoms with Crippen LogP contribution in [0.2, 0.25) is 0 Å². The zero-order chi connectivity index (χ0) is 15.0. The summed E-state index contributed by atoms with van der Waals surface area (Å²) < 4.78 is 0. The number of rotatable bonds is 3. The van der Waals surface area contributed by atoms with E-state index in [0.717, 1.165) is 15.8 Å². The van der Waals surface area contributed by atoms with Crippen molar-refractivity contribution >= 4 is 51.2 Å². The number of nitro benzene ring substituents is 1. The molecular formula is C14H13ClN4O2S. The molecule has 2 aromatic heterocycles. The first kappa shape index (κ1) is 16.1. The summed E-state index contributed by atoms with van der Waals surface area (Å²) in [5, 5.41) is 14.9. The van der Waals surface area contributed by atoms with Gasteiger partial charge >= 0.3 is 0 Å². The second-order valence-electron chi connectivity index (χ2n) is 4.62.